The molecular weight excluding hydrogens is 232 g/mol. The molecule has 0 aromatic heterocycles. The summed E-state index contributed by atoms with van der Waals surface area (Å²) < 4.78 is 0. The lowest BCUT2D eigenvalue weighted by atomic mass is 10.1. The molecule has 0 aliphatic heterocycles. The molecule has 0 amide bonds. The first-order valence-electron chi connectivity index (χ1n) is 6.77. The largest absolute Gasteiger partial charge is 0.383 e. The second-order valence-corrected chi connectivity index (χ2v) is 4.99. The predicted molar refractivity (Wildman–Crippen MR) is 84.1 cm³/mol. The number of para-hydroxylation sites is 1. The zero-order valence-electron chi connectivity index (χ0n) is 12.0. The van der Waals surface area contributed by atoms with Gasteiger partial charge in [0.15, 0.2) is 0 Å². The third-order valence-electron chi connectivity index (χ3n) is 3.29. The van der Waals surface area contributed by atoms with Crippen molar-refractivity contribution in [2.24, 2.45) is 0 Å². The molecule has 0 bridgehead atoms. The van der Waals surface area contributed by atoms with E-state index in [0.717, 1.165) is 13.1 Å². The Kier molecular flexibility index (Phi) is 4.45. The van der Waals surface area contributed by atoms with Crippen LogP contribution in [0.2, 0.25) is 0 Å². The first kappa shape index (κ1) is 13.5. The van der Waals surface area contributed by atoms with Gasteiger partial charge in [0.2, 0.25) is 0 Å². The minimum atomic E-state index is 0.914. The third-order valence-corrected chi connectivity index (χ3v) is 3.29. The number of rotatable bonds is 5. The van der Waals surface area contributed by atoms with Crippen LogP contribution >= 0.6 is 0 Å². The summed E-state index contributed by atoms with van der Waals surface area (Å²) >= 11 is 0. The zero-order chi connectivity index (χ0) is 13.7. The molecule has 0 heterocycles. The van der Waals surface area contributed by atoms with Gasteiger partial charge in [0.1, 0.15) is 0 Å². The van der Waals surface area contributed by atoms with E-state index in [1.54, 1.807) is 0 Å². The summed E-state index contributed by atoms with van der Waals surface area (Å²) in [4.78, 5) is 0. The molecule has 100 valence electrons. The quantitative estimate of drug-likeness (QED) is 0.784. The zero-order valence-corrected chi connectivity index (χ0v) is 12.0. The number of nitrogens with one attached hydrogen (secondary N) is 2. The molecule has 2 aromatic rings. The molecule has 0 saturated heterocycles. The molecule has 0 unspecified atom stereocenters. The Morgan fingerprint density at radius 1 is 0.737 bits per heavy atom. The van der Waals surface area contributed by atoms with Crippen LogP contribution in [-0.4, -0.2) is 13.1 Å². The highest BCUT2D eigenvalue weighted by Gasteiger charge is 2.00. The van der Waals surface area contributed by atoms with Crippen molar-refractivity contribution in [3.63, 3.8) is 0 Å². The van der Waals surface area contributed by atoms with Crippen LogP contribution in [0.3, 0.4) is 0 Å². The second kappa shape index (κ2) is 6.28. The van der Waals surface area contributed by atoms with Gasteiger partial charge in [-0.3, -0.25) is 0 Å². The summed E-state index contributed by atoms with van der Waals surface area (Å²) in [5, 5.41) is 6.92. The van der Waals surface area contributed by atoms with Crippen LogP contribution in [0, 0.1) is 20.8 Å². The van der Waals surface area contributed by atoms with Gasteiger partial charge in [-0.25, -0.2) is 0 Å². The average molecular weight is 254 g/mol. The van der Waals surface area contributed by atoms with Gasteiger partial charge >= 0.3 is 0 Å². The van der Waals surface area contributed by atoms with Crippen molar-refractivity contribution in [1.82, 2.24) is 0 Å². The third kappa shape index (κ3) is 3.75. The number of benzene rings is 2. The Hall–Kier alpha value is -1.96. The van der Waals surface area contributed by atoms with Gasteiger partial charge in [-0.2, -0.15) is 0 Å². The summed E-state index contributed by atoms with van der Waals surface area (Å²) in [6.45, 7) is 8.22. The molecule has 0 aliphatic carbocycles. The number of hydrogen-bond acceptors (Lipinski definition) is 2. The van der Waals surface area contributed by atoms with Gasteiger partial charge in [0.25, 0.3) is 0 Å². The van der Waals surface area contributed by atoms with E-state index in [4.69, 9.17) is 0 Å². The molecule has 0 spiro atoms. The van der Waals surface area contributed by atoms with E-state index in [2.05, 4.69) is 73.9 Å². The van der Waals surface area contributed by atoms with E-state index in [-0.39, 0.29) is 0 Å². The number of anilines is 2. The molecule has 2 nitrogen and oxygen atoms in total. The average Bonchev–Trinajstić information content (AvgIpc) is 2.39. The standard InChI is InChI=1S/C17H22N2/c1-13-7-9-16(10-8-13)18-11-12-19-17-14(2)5-4-6-15(17)3/h4-10,18-19H,11-12H2,1-3H3. The topological polar surface area (TPSA) is 24.1 Å². The molecule has 2 N–H and O–H groups in total. The lowest BCUT2D eigenvalue weighted by Gasteiger charge is -2.13. The van der Waals surface area contributed by atoms with Crippen molar-refractivity contribution < 1.29 is 0 Å². The van der Waals surface area contributed by atoms with Crippen LogP contribution in [0.1, 0.15) is 16.7 Å². The molecule has 0 saturated carbocycles. The molecule has 2 rings (SSSR count). The minimum Gasteiger partial charge on any atom is -0.383 e. The summed E-state index contributed by atoms with van der Waals surface area (Å²) in [5.41, 5.74) is 6.33. The molecule has 19 heavy (non-hydrogen) atoms. The maximum absolute atomic E-state index is 3.50. The van der Waals surface area contributed by atoms with Crippen LogP contribution < -0.4 is 10.6 Å². The van der Waals surface area contributed by atoms with Crippen molar-refractivity contribution in [3.8, 4) is 0 Å². The van der Waals surface area contributed by atoms with Crippen LogP contribution in [-0.2, 0) is 0 Å². The predicted octanol–water partition coefficient (Wildman–Crippen LogP) is 4.14. The van der Waals surface area contributed by atoms with E-state index < -0.39 is 0 Å². The molecular formula is C17H22N2. The van der Waals surface area contributed by atoms with E-state index in [1.807, 2.05) is 0 Å². The summed E-state index contributed by atoms with van der Waals surface area (Å²) in [6, 6.07) is 14.9. The van der Waals surface area contributed by atoms with Gasteiger partial charge in [-0.1, -0.05) is 35.9 Å². The van der Waals surface area contributed by atoms with Crippen molar-refractivity contribution in [1.29, 1.82) is 0 Å². The number of aryl methyl sites for hydroxylation is 3. The highest BCUT2D eigenvalue weighted by atomic mass is 14.9. The maximum atomic E-state index is 3.50. The monoisotopic (exact) mass is 254 g/mol. The van der Waals surface area contributed by atoms with Crippen LogP contribution in [0.25, 0.3) is 0 Å². The Balaban J connectivity index is 1.82. The fraction of sp³-hybridized carbons (Fsp3) is 0.294. The Labute approximate surface area is 115 Å². The Morgan fingerprint density at radius 3 is 1.95 bits per heavy atom. The summed E-state index contributed by atoms with van der Waals surface area (Å²) in [7, 11) is 0. The van der Waals surface area contributed by atoms with Crippen molar-refractivity contribution in [3.05, 3.63) is 59.2 Å². The molecule has 0 radical (unpaired) electrons. The van der Waals surface area contributed by atoms with E-state index in [0.29, 0.717) is 0 Å². The Morgan fingerprint density at radius 2 is 1.32 bits per heavy atom. The van der Waals surface area contributed by atoms with Crippen molar-refractivity contribution in [2.45, 2.75) is 20.8 Å². The van der Waals surface area contributed by atoms with E-state index >= 15 is 0 Å². The lowest BCUT2D eigenvalue weighted by molar-refractivity contribution is 1.07. The highest BCUT2D eigenvalue weighted by molar-refractivity contribution is 5.56. The lowest BCUT2D eigenvalue weighted by Crippen LogP contribution is -2.14. The minimum absolute atomic E-state index is 0.914. The van der Waals surface area contributed by atoms with E-state index in [1.165, 1.54) is 28.1 Å². The fourth-order valence-corrected chi connectivity index (χ4v) is 2.16. The smallest absolute Gasteiger partial charge is 0.0400 e. The first-order chi connectivity index (χ1) is 9.16. The molecule has 2 heteroatoms. The van der Waals surface area contributed by atoms with Crippen molar-refractivity contribution >= 4 is 11.4 Å². The fourth-order valence-electron chi connectivity index (χ4n) is 2.16. The van der Waals surface area contributed by atoms with Crippen LogP contribution in [0.4, 0.5) is 11.4 Å². The van der Waals surface area contributed by atoms with Gasteiger partial charge in [-0.05, 0) is 44.0 Å². The van der Waals surface area contributed by atoms with Gasteiger partial charge < -0.3 is 10.6 Å². The van der Waals surface area contributed by atoms with Crippen molar-refractivity contribution in [2.75, 3.05) is 23.7 Å². The SMILES string of the molecule is Cc1ccc(NCCNc2c(C)cccc2C)cc1. The molecule has 0 atom stereocenters. The number of hydrogen-bond donors (Lipinski definition) is 2. The van der Waals surface area contributed by atoms with E-state index in [9.17, 15) is 0 Å². The molecule has 0 aliphatic rings. The highest BCUT2D eigenvalue weighted by Crippen LogP contribution is 2.18. The van der Waals surface area contributed by atoms with Crippen LogP contribution in [0.15, 0.2) is 42.5 Å². The normalized spacial score (nSPS) is 10.3. The van der Waals surface area contributed by atoms with Gasteiger partial charge in [0, 0.05) is 24.5 Å². The maximum Gasteiger partial charge on any atom is 0.0400 e. The first-order valence-corrected chi connectivity index (χ1v) is 6.77. The second-order valence-electron chi connectivity index (χ2n) is 4.99. The van der Waals surface area contributed by atoms with Crippen LogP contribution in [0.5, 0.6) is 0 Å². The summed E-state index contributed by atoms with van der Waals surface area (Å²) in [6.07, 6.45) is 0. The molecule has 0 fully saturated rings. The summed E-state index contributed by atoms with van der Waals surface area (Å²) in [5.74, 6) is 0. The van der Waals surface area contributed by atoms with Gasteiger partial charge in [0.05, 0.1) is 0 Å². The molecule has 2 aromatic carbocycles. The Bertz CT molecular complexity index is 509. The van der Waals surface area contributed by atoms with Gasteiger partial charge in [-0.15, -0.1) is 0 Å².